The van der Waals surface area contributed by atoms with Gasteiger partial charge in [0.05, 0.1) is 0 Å². The first-order chi connectivity index (χ1) is 13.2. The van der Waals surface area contributed by atoms with Gasteiger partial charge in [-0.1, -0.05) is 93.8 Å². The van der Waals surface area contributed by atoms with Gasteiger partial charge in [-0.3, -0.25) is 9.89 Å². The molecule has 1 aromatic rings. The van der Waals surface area contributed by atoms with Gasteiger partial charge >= 0.3 is 0 Å². The Labute approximate surface area is 167 Å². The van der Waals surface area contributed by atoms with Crippen molar-refractivity contribution in [3.05, 3.63) is 72.4 Å². The van der Waals surface area contributed by atoms with E-state index >= 15 is 0 Å². The number of rotatable bonds is 14. The second-order valence-electron chi connectivity index (χ2n) is 7.20. The molecule has 0 amide bonds. The van der Waals surface area contributed by atoms with Crippen molar-refractivity contribution < 1.29 is 0 Å². The van der Waals surface area contributed by atoms with E-state index in [1.807, 2.05) is 25.3 Å². The summed E-state index contributed by atoms with van der Waals surface area (Å²) in [5.41, 5.74) is 4.03. The molecular weight excluding hydrogens is 328 g/mol. The zero-order valence-electron chi connectivity index (χ0n) is 17.7. The second-order valence-corrected chi connectivity index (χ2v) is 7.20. The highest BCUT2D eigenvalue weighted by molar-refractivity contribution is 5.87. The predicted molar refractivity (Wildman–Crippen MR) is 122 cm³/mol. The van der Waals surface area contributed by atoms with Crippen LogP contribution in [0.15, 0.2) is 66.2 Å². The van der Waals surface area contributed by atoms with Crippen LogP contribution < -0.4 is 0 Å². The Bertz CT molecular complexity index is 593. The quantitative estimate of drug-likeness (QED) is 0.211. The molecule has 0 saturated heterocycles. The fourth-order valence-electron chi connectivity index (χ4n) is 3.08. The first-order valence-electron chi connectivity index (χ1n) is 10.3. The monoisotopic (exact) mass is 366 g/mol. The highest BCUT2D eigenvalue weighted by Crippen LogP contribution is 2.11. The molecular formula is C25H38N2. The molecule has 0 aliphatic heterocycles. The van der Waals surface area contributed by atoms with Gasteiger partial charge in [-0.15, -0.1) is 0 Å². The molecule has 148 valence electrons. The minimum atomic E-state index is 0.888. The first-order valence-corrected chi connectivity index (χ1v) is 10.3. The van der Waals surface area contributed by atoms with Gasteiger partial charge in [0, 0.05) is 32.3 Å². The Morgan fingerprint density at radius 2 is 1.70 bits per heavy atom. The Morgan fingerprint density at radius 3 is 2.37 bits per heavy atom. The molecule has 2 nitrogen and oxygen atoms in total. The van der Waals surface area contributed by atoms with Gasteiger partial charge in [0.1, 0.15) is 0 Å². The summed E-state index contributed by atoms with van der Waals surface area (Å²) in [6, 6.07) is 9.15. The molecule has 2 heteroatoms. The number of hydrogen-bond acceptors (Lipinski definition) is 2. The smallest absolute Gasteiger partial charge is 0.0367 e. The standard InChI is InChI=1S/C25H38N2/c1-5-7-9-11-13-15-23-17-19-24(20-18-23)21-27(4)22-25(26-3)16-14-12-10-8-6-2/h6,8,10,12,14,17-20H,2,5,7,9,11,13,15-16,21-22H2,1,3-4H3/b10-8-,14-12-,26-25?. The van der Waals surface area contributed by atoms with Crippen molar-refractivity contribution in [3.63, 3.8) is 0 Å². The number of nitrogens with zero attached hydrogens (tertiary/aromatic N) is 2. The summed E-state index contributed by atoms with van der Waals surface area (Å²) < 4.78 is 0. The van der Waals surface area contributed by atoms with E-state index in [1.54, 1.807) is 6.08 Å². The van der Waals surface area contributed by atoms with Crippen LogP contribution in [0.5, 0.6) is 0 Å². The number of allylic oxidation sites excluding steroid dienone is 5. The highest BCUT2D eigenvalue weighted by Gasteiger charge is 2.04. The summed E-state index contributed by atoms with van der Waals surface area (Å²) in [5.74, 6) is 0. The van der Waals surface area contributed by atoms with Crippen LogP contribution >= 0.6 is 0 Å². The van der Waals surface area contributed by atoms with Crippen LogP contribution in [0.2, 0.25) is 0 Å². The van der Waals surface area contributed by atoms with Crippen molar-refractivity contribution in [1.82, 2.24) is 4.90 Å². The molecule has 1 aromatic carbocycles. The van der Waals surface area contributed by atoms with Crippen LogP contribution in [0.1, 0.15) is 56.6 Å². The third-order valence-corrected chi connectivity index (χ3v) is 4.66. The minimum absolute atomic E-state index is 0.888. The van der Waals surface area contributed by atoms with E-state index in [-0.39, 0.29) is 0 Å². The third kappa shape index (κ3) is 11.4. The molecule has 1 rings (SSSR count). The van der Waals surface area contributed by atoms with Crippen molar-refractivity contribution in [2.45, 2.75) is 58.4 Å². The van der Waals surface area contributed by atoms with Gasteiger partial charge in [0.25, 0.3) is 0 Å². The zero-order chi connectivity index (χ0) is 19.7. The molecule has 0 radical (unpaired) electrons. The van der Waals surface area contributed by atoms with Gasteiger partial charge < -0.3 is 0 Å². The van der Waals surface area contributed by atoms with Crippen molar-refractivity contribution >= 4 is 5.71 Å². The fraction of sp³-hybridized carbons (Fsp3) is 0.480. The molecule has 0 atom stereocenters. The average Bonchev–Trinajstić information content (AvgIpc) is 2.68. The SMILES string of the molecule is C=C/C=C\C=C/CC(CN(C)Cc1ccc(CCCCCCC)cc1)=NC. The van der Waals surface area contributed by atoms with E-state index in [0.29, 0.717) is 0 Å². The van der Waals surface area contributed by atoms with Crippen molar-refractivity contribution in [1.29, 1.82) is 0 Å². The zero-order valence-corrected chi connectivity index (χ0v) is 17.7. The van der Waals surface area contributed by atoms with E-state index in [2.05, 4.69) is 60.8 Å². The van der Waals surface area contributed by atoms with Crippen LogP contribution in [0.3, 0.4) is 0 Å². The van der Waals surface area contributed by atoms with Gasteiger partial charge in [-0.2, -0.15) is 0 Å². The molecule has 0 fully saturated rings. The topological polar surface area (TPSA) is 15.6 Å². The lowest BCUT2D eigenvalue weighted by molar-refractivity contribution is 0.372. The Hall–Kier alpha value is -1.93. The maximum absolute atomic E-state index is 4.44. The Morgan fingerprint density at radius 1 is 1.00 bits per heavy atom. The van der Waals surface area contributed by atoms with Crippen LogP contribution in [0.4, 0.5) is 0 Å². The molecule has 0 aliphatic rings. The van der Waals surface area contributed by atoms with E-state index in [0.717, 1.165) is 19.5 Å². The summed E-state index contributed by atoms with van der Waals surface area (Å²) >= 11 is 0. The maximum atomic E-state index is 4.44. The maximum Gasteiger partial charge on any atom is 0.0367 e. The third-order valence-electron chi connectivity index (χ3n) is 4.66. The summed E-state index contributed by atoms with van der Waals surface area (Å²) in [4.78, 5) is 6.76. The molecule has 0 N–H and O–H groups in total. The van der Waals surface area contributed by atoms with Gasteiger partial charge in [0.2, 0.25) is 0 Å². The van der Waals surface area contributed by atoms with Crippen LogP contribution in [0, 0.1) is 0 Å². The van der Waals surface area contributed by atoms with Crippen molar-refractivity contribution in [2.75, 3.05) is 20.6 Å². The highest BCUT2D eigenvalue weighted by atomic mass is 15.1. The van der Waals surface area contributed by atoms with Crippen molar-refractivity contribution in [2.24, 2.45) is 4.99 Å². The Balaban J connectivity index is 2.38. The first kappa shape index (κ1) is 23.1. The number of unbranched alkanes of at least 4 members (excludes halogenated alkanes) is 4. The second kappa shape index (κ2) is 15.2. The van der Waals surface area contributed by atoms with Gasteiger partial charge in [0.15, 0.2) is 0 Å². The number of benzene rings is 1. The number of hydrogen-bond donors (Lipinski definition) is 0. The van der Waals surface area contributed by atoms with Gasteiger partial charge in [-0.25, -0.2) is 0 Å². The number of aliphatic imine (C=N–C) groups is 1. The van der Waals surface area contributed by atoms with E-state index in [4.69, 9.17) is 0 Å². The molecule has 27 heavy (non-hydrogen) atoms. The molecule has 0 aromatic heterocycles. The molecule has 0 spiro atoms. The Kier molecular flexibility index (Phi) is 13.0. The lowest BCUT2D eigenvalue weighted by Crippen LogP contribution is -2.25. The molecule has 0 aliphatic carbocycles. The molecule has 0 saturated carbocycles. The van der Waals surface area contributed by atoms with Crippen LogP contribution in [-0.2, 0) is 13.0 Å². The van der Waals surface area contributed by atoms with E-state index in [1.165, 1.54) is 55.4 Å². The largest absolute Gasteiger partial charge is 0.297 e. The summed E-state index contributed by atoms with van der Waals surface area (Å²) in [6.45, 7) is 7.78. The van der Waals surface area contributed by atoms with Crippen LogP contribution in [0.25, 0.3) is 0 Å². The molecule has 0 heterocycles. The predicted octanol–water partition coefficient (Wildman–Crippen LogP) is 6.39. The average molecular weight is 367 g/mol. The van der Waals surface area contributed by atoms with E-state index in [9.17, 15) is 0 Å². The lowest BCUT2D eigenvalue weighted by atomic mass is 10.0. The summed E-state index contributed by atoms with van der Waals surface area (Å²) in [7, 11) is 4.04. The lowest BCUT2D eigenvalue weighted by Gasteiger charge is -2.17. The molecule has 0 unspecified atom stereocenters. The number of aryl methyl sites for hydroxylation is 1. The van der Waals surface area contributed by atoms with Gasteiger partial charge in [-0.05, 0) is 31.0 Å². The summed E-state index contributed by atoms with van der Waals surface area (Å²) in [6.07, 6.45) is 18.7. The minimum Gasteiger partial charge on any atom is -0.297 e. The normalized spacial score (nSPS) is 12.5. The van der Waals surface area contributed by atoms with Crippen LogP contribution in [-0.4, -0.2) is 31.3 Å². The fourth-order valence-corrected chi connectivity index (χ4v) is 3.08. The van der Waals surface area contributed by atoms with Crippen molar-refractivity contribution in [3.8, 4) is 0 Å². The van der Waals surface area contributed by atoms with E-state index < -0.39 is 0 Å². The molecule has 0 bridgehead atoms. The summed E-state index contributed by atoms with van der Waals surface area (Å²) in [5, 5.41) is 0.